The second-order valence-electron chi connectivity index (χ2n) is 10.4. The van der Waals surface area contributed by atoms with Crippen LogP contribution >= 0.6 is 0 Å². The van der Waals surface area contributed by atoms with Gasteiger partial charge in [0.15, 0.2) is 0 Å². The van der Waals surface area contributed by atoms with E-state index in [1.165, 1.54) is 11.1 Å². The molecule has 5 heteroatoms. The molecule has 0 aliphatic heterocycles. The van der Waals surface area contributed by atoms with Crippen LogP contribution in [0, 0.1) is 0 Å². The number of carbonyl (C=O) groups is 1. The van der Waals surface area contributed by atoms with Gasteiger partial charge < -0.3 is 18.9 Å². The molecule has 2 unspecified atom stereocenters. The molecule has 4 aromatic carbocycles. The van der Waals surface area contributed by atoms with E-state index in [2.05, 4.69) is 38.1 Å². The maximum absolute atomic E-state index is 12.6. The summed E-state index contributed by atoms with van der Waals surface area (Å²) < 4.78 is 22.9. The Balaban J connectivity index is 1.36. The molecule has 4 aromatic rings. The van der Waals surface area contributed by atoms with Crippen LogP contribution in [0.3, 0.4) is 0 Å². The topological polar surface area (TPSA) is 54.0 Å². The fourth-order valence-corrected chi connectivity index (χ4v) is 4.79. The Hall–Kier alpha value is -3.93. The van der Waals surface area contributed by atoms with Crippen LogP contribution in [0.25, 0.3) is 0 Å². The molecule has 0 aromatic heterocycles. The van der Waals surface area contributed by atoms with Gasteiger partial charge in [-0.25, -0.2) is 4.79 Å². The zero-order valence-electron chi connectivity index (χ0n) is 24.7. The molecule has 220 valence electrons. The van der Waals surface area contributed by atoms with E-state index in [1.54, 1.807) is 24.3 Å². The third-order valence-electron chi connectivity index (χ3n) is 7.22. The first kappa shape index (κ1) is 31.0. The Bertz CT molecular complexity index is 1200. The van der Waals surface area contributed by atoms with Crippen LogP contribution in [0.15, 0.2) is 109 Å². The average Bonchev–Trinajstić information content (AvgIpc) is 3.03. The highest BCUT2D eigenvalue weighted by Gasteiger charge is 2.17. The van der Waals surface area contributed by atoms with Crippen molar-refractivity contribution in [3.05, 3.63) is 131 Å². The van der Waals surface area contributed by atoms with Crippen molar-refractivity contribution in [2.75, 3.05) is 26.4 Å². The average molecular weight is 567 g/mol. The Morgan fingerprint density at radius 2 is 0.881 bits per heavy atom. The third-order valence-corrected chi connectivity index (χ3v) is 7.22. The molecule has 0 radical (unpaired) electrons. The third kappa shape index (κ3) is 9.57. The number of hydrogen-bond acceptors (Lipinski definition) is 5. The van der Waals surface area contributed by atoms with Gasteiger partial charge in [-0.15, -0.1) is 0 Å². The largest absolute Gasteiger partial charge is 0.519 e. The van der Waals surface area contributed by atoms with Crippen molar-refractivity contribution in [1.82, 2.24) is 0 Å². The molecule has 0 spiro atoms. The highest BCUT2D eigenvalue weighted by Crippen LogP contribution is 2.29. The predicted octanol–water partition coefficient (Wildman–Crippen LogP) is 9.16. The standard InChI is InChI=1S/C37H42O5/c1-3-5-25-39-27-35(29-13-9-7-10-14-29)31-17-21-33(22-18-31)41-37(38)42-34-23-19-32(20-24-34)36(28-40-26-6-4-2)30-15-11-8-12-16-30/h7-24,35-36H,3-6,25-28H2,1-2H3. The summed E-state index contributed by atoms with van der Waals surface area (Å²) in [6.45, 7) is 6.99. The quantitative estimate of drug-likeness (QED) is 0.0769. The number of rotatable bonds is 16. The minimum atomic E-state index is -0.777. The number of benzene rings is 4. The van der Waals surface area contributed by atoms with Crippen molar-refractivity contribution in [3.8, 4) is 11.5 Å². The molecule has 0 N–H and O–H groups in total. The molecule has 0 saturated heterocycles. The van der Waals surface area contributed by atoms with Gasteiger partial charge >= 0.3 is 6.16 Å². The van der Waals surface area contributed by atoms with Crippen LogP contribution in [0.4, 0.5) is 4.79 Å². The summed E-state index contributed by atoms with van der Waals surface area (Å²) in [7, 11) is 0. The van der Waals surface area contributed by atoms with Crippen molar-refractivity contribution in [2.45, 2.75) is 51.4 Å². The molecule has 42 heavy (non-hydrogen) atoms. The van der Waals surface area contributed by atoms with Gasteiger partial charge in [-0.05, 0) is 59.4 Å². The Kier molecular flexibility index (Phi) is 12.6. The summed E-state index contributed by atoms with van der Waals surface area (Å²) in [5.74, 6) is 1.04. The second-order valence-corrected chi connectivity index (χ2v) is 10.4. The number of hydrogen-bond donors (Lipinski definition) is 0. The minimum absolute atomic E-state index is 0.0966. The van der Waals surface area contributed by atoms with Gasteiger partial charge in [-0.2, -0.15) is 0 Å². The van der Waals surface area contributed by atoms with E-state index in [1.807, 2.05) is 60.7 Å². The summed E-state index contributed by atoms with van der Waals surface area (Å²) in [5.41, 5.74) is 4.57. The highest BCUT2D eigenvalue weighted by molar-refractivity contribution is 5.67. The van der Waals surface area contributed by atoms with Crippen LogP contribution in [-0.4, -0.2) is 32.6 Å². The van der Waals surface area contributed by atoms with Crippen molar-refractivity contribution >= 4 is 6.16 Å². The number of ether oxygens (including phenoxy) is 4. The van der Waals surface area contributed by atoms with Gasteiger partial charge in [0.25, 0.3) is 0 Å². The Morgan fingerprint density at radius 1 is 0.524 bits per heavy atom. The zero-order chi connectivity index (χ0) is 29.4. The predicted molar refractivity (Wildman–Crippen MR) is 168 cm³/mol. The monoisotopic (exact) mass is 566 g/mol. The lowest BCUT2D eigenvalue weighted by atomic mass is 9.92. The Morgan fingerprint density at radius 3 is 1.24 bits per heavy atom. The van der Waals surface area contributed by atoms with Gasteiger partial charge in [0.05, 0.1) is 13.2 Å². The molecule has 0 aliphatic carbocycles. The smallest absolute Gasteiger partial charge is 0.395 e. The maximum Gasteiger partial charge on any atom is 0.519 e. The van der Waals surface area contributed by atoms with E-state index in [0.29, 0.717) is 24.7 Å². The van der Waals surface area contributed by atoms with Crippen LogP contribution in [0.5, 0.6) is 11.5 Å². The van der Waals surface area contributed by atoms with Crippen molar-refractivity contribution in [1.29, 1.82) is 0 Å². The molecule has 0 aliphatic rings. The number of unbranched alkanes of at least 4 members (excludes halogenated alkanes) is 2. The maximum atomic E-state index is 12.6. The van der Waals surface area contributed by atoms with Crippen LogP contribution < -0.4 is 9.47 Å². The van der Waals surface area contributed by atoms with Gasteiger partial charge in [0.2, 0.25) is 0 Å². The van der Waals surface area contributed by atoms with Crippen LogP contribution in [0.2, 0.25) is 0 Å². The first-order chi connectivity index (χ1) is 20.7. The Labute approximate surface area is 250 Å². The summed E-state index contributed by atoms with van der Waals surface area (Å²) in [4.78, 5) is 12.6. The summed E-state index contributed by atoms with van der Waals surface area (Å²) in [6, 6.07) is 35.7. The summed E-state index contributed by atoms with van der Waals surface area (Å²) in [6.07, 6.45) is 3.51. The molecule has 2 atom stereocenters. The molecular weight excluding hydrogens is 524 g/mol. The zero-order valence-corrected chi connectivity index (χ0v) is 24.7. The van der Waals surface area contributed by atoms with Gasteiger partial charge in [-0.1, -0.05) is 112 Å². The molecule has 0 bridgehead atoms. The normalized spacial score (nSPS) is 12.4. The fourth-order valence-electron chi connectivity index (χ4n) is 4.79. The van der Waals surface area contributed by atoms with Crippen LogP contribution in [-0.2, 0) is 9.47 Å². The first-order valence-electron chi connectivity index (χ1n) is 15.0. The van der Waals surface area contributed by atoms with Crippen molar-refractivity contribution < 1.29 is 23.7 Å². The van der Waals surface area contributed by atoms with Crippen LogP contribution in [0.1, 0.15) is 73.6 Å². The van der Waals surface area contributed by atoms with E-state index < -0.39 is 6.16 Å². The van der Waals surface area contributed by atoms with E-state index in [-0.39, 0.29) is 11.8 Å². The minimum Gasteiger partial charge on any atom is -0.395 e. The second kappa shape index (κ2) is 17.1. The number of carbonyl (C=O) groups excluding carboxylic acids is 1. The lowest BCUT2D eigenvalue weighted by Crippen LogP contribution is -2.14. The van der Waals surface area contributed by atoms with Gasteiger partial charge in [-0.3, -0.25) is 0 Å². The highest BCUT2D eigenvalue weighted by atomic mass is 16.7. The summed E-state index contributed by atoms with van der Waals surface area (Å²) in [5, 5.41) is 0. The molecule has 4 rings (SSSR count). The van der Waals surface area contributed by atoms with E-state index in [9.17, 15) is 4.79 Å². The molecule has 0 amide bonds. The van der Waals surface area contributed by atoms with Gasteiger partial charge in [0.1, 0.15) is 11.5 Å². The lowest BCUT2D eigenvalue weighted by Gasteiger charge is -2.19. The SMILES string of the molecule is CCCCOCC(c1ccccc1)c1ccc(OC(=O)Oc2ccc(C(COCCCC)c3ccccc3)cc2)cc1. The first-order valence-corrected chi connectivity index (χ1v) is 15.0. The lowest BCUT2D eigenvalue weighted by molar-refractivity contribution is 0.124. The molecule has 5 nitrogen and oxygen atoms in total. The fraction of sp³-hybridized carbons (Fsp3) is 0.324. The molecule has 0 fully saturated rings. The van der Waals surface area contributed by atoms with E-state index >= 15 is 0 Å². The van der Waals surface area contributed by atoms with Gasteiger partial charge in [0, 0.05) is 25.0 Å². The summed E-state index contributed by atoms with van der Waals surface area (Å²) >= 11 is 0. The van der Waals surface area contributed by atoms with Crippen molar-refractivity contribution in [3.63, 3.8) is 0 Å². The molecule has 0 heterocycles. The van der Waals surface area contributed by atoms with Crippen molar-refractivity contribution in [2.24, 2.45) is 0 Å². The van der Waals surface area contributed by atoms with E-state index in [4.69, 9.17) is 18.9 Å². The molecular formula is C37H42O5. The molecule has 0 saturated carbocycles. The van der Waals surface area contributed by atoms with E-state index in [0.717, 1.165) is 50.0 Å².